The fraction of sp³-hybridized carbons (Fsp3) is 1.00. The SMILES string of the molecule is CC(Cl)C(C)C([O])C(C)C(C)Cl. The lowest BCUT2D eigenvalue weighted by molar-refractivity contribution is 0.00110. The van der Waals surface area contributed by atoms with Gasteiger partial charge >= 0.3 is 0 Å². The Morgan fingerprint density at radius 1 is 0.833 bits per heavy atom. The van der Waals surface area contributed by atoms with E-state index >= 15 is 0 Å². The molecule has 0 spiro atoms. The minimum absolute atomic E-state index is 0.0251. The van der Waals surface area contributed by atoms with Gasteiger partial charge in [0.25, 0.3) is 0 Å². The van der Waals surface area contributed by atoms with Crippen molar-refractivity contribution in [3.05, 3.63) is 0 Å². The normalized spacial score (nSPS) is 24.2. The molecule has 0 heterocycles. The zero-order valence-electron chi connectivity index (χ0n) is 8.05. The van der Waals surface area contributed by atoms with Gasteiger partial charge in [-0.05, 0) is 13.8 Å². The van der Waals surface area contributed by atoms with Crippen molar-refractivity contribution >= 4 is 23.2 Å². The van der Waals surface area contributed by atoms with Gasteiger partial charge in [-0.1, -0.05) is 13.8 Å². The summed E-state index contributed by atoms with van der Waals surface area (Å²) in [5, 5.41) is 11.5. The van der Waals surface area contributed by atoms with Crippen LogP contribution in [0.3, 0.4) is 0 Å². The van der Waals surface area contributed by atoms with Crippen LogP contribution in [-0.2, 0) is 5.11 Å². The van der Waals surface area contributed by atoms with E-state index in [4.69, 9.17) is 23.2 Å². The Bertz CT molecular complexity index is 112. The molecule has 4 unspecified atom stereocenters. The minimum atomic E-state index is -0.662. The van der Waals surface area contributed by atoms with Gasteiger partial charge < -0.3 is 0 Å². The van der Waals surface area contributed by atoms with E-state index in [-0.39, 0.29) is 22.6 Å². The molecule has 0 rings (SSSR count). The van der Waals surface area contributed by atoms with Crippen molar-refractivity contribution in [2.45, 2.75) is 44.6 Å². The molecule has 0 aliphatic carbocycles. The highest BCUT2D eigenvalue weighted by Crippen LogP contribution is 2.24. The zero-order valence-corrected chi connectivity index (χ0v) is 9.56. The molecule has 0 fully saturated rings. The lowest BCUT2D eigenvalue weighted by Gasteiger charge is -2.26. The van der Waals surface area contributed by atoms with Crippen LogP contribution in [0.5, 0.6) is 0 Å². The van der Waals surface area contributed by atoms with Crippen molar-refractivity contribution in [2.24, 2.45) is 11.8 Å². The summed E-state index contributed by atoms with van der Waals surface area (Å²) in [6, 6.07) is 0. The maximum atomic E-state index is 11.6. The first kappa shape index (κ1) is 12.5. The van der Waals surface area contributed by atoms with Crippen LogP contribution in [0, 0.1) is 11.8 Å². The fourth-order valence-electron chi connectivity index (χ4n) is 1.00. The summed E-state index contributed by atoms with van der Waals surface area (Å²) in [6.45, 7) is 7.46. The average Bonchev–Trinajstić information content (AvgIpc) is 2.00. The number of hydrogen-bond acceptors (Lipinski definition) is 0. The topological polar surface area (TPSA) is 19.9 Å². The maximum absolute atomic E-state index is 11.6. The van der Waals surface area contributed by atoms with Crippen LogP contribution in [0.15, 0.2) is 0 Å². The number of alkyl halides is 2. The van der Waals surface area contributed by atoms with E-state index in [2.05, 4.69) is 0 Å². The van der Waals surface area contributed by atoms with Crippen molar-refractivity contribution in [3.63, 3.8) is 0 Å². The second-order valence-electron chi connectivity index (χ2n) is 3.54. The van der Waals surface area contributed by atoms with Crippen LogP contribution in [0.2, 0.25) is 0 Å². The summed E-state index contributed by atoms with van der Waals surface area (Å²) in [4.78, 5) is 0. The van der Waals surface area contributed by atoms with Gasteiger partial charge in [0, 0.05) is 22.6 Å². The largest absolute Gasteiger partial charge is 0.232 e. The summed E-state index contributed by atoms with van der Waals surface area (Å²) in [5.74, 6) is -0.0502. The van der Waals surface area contributed by atoms with E-state index < -0.39 is 6.10 Å². The summed E-state index contributed by atoms with van der Waals surface area (Å²) in [6.07, 6.45) is -0.662. The molecule has 0 aliphatic heterocycles. The molecular weight excluding hydrogens is 195 g/mol. The third-order valence-electron chi connectivity index (χ3n) is 2.49. The average molecular weight is 212 g/mol. The summed E-state index contributed by atoms with van der Waals surface area (Å²) >= 11 is 11.7. The number of hydrogen-bond donors (Lipinski definition) is 0. The Labute approximate surface area is 85.1 Å². The molecule has 3 heteroatoms. The molecule has 0 aromatic rings. The molecule has 0 N–H and O–H groups in total. The summed E-state index contributed by atoms with van der Waals surface area (Å²) < 4.78 is 0. The molecule has 73 valence electrons. The molecule has 0 bridgehead atoms. The Morgan fingerprint density at radius 2 is 1.08 bits per heavy atom. The lowest BCUT2D eigenvalue weighted by Crippen LogP contribution is -2.32. The second-order valence-corrected chi connectivity index (χ2v) is 4.91. The third kappa shape index (κ3) is 3.51. The highest BCUT2D eigenvalue weighted by molar-refractivity contribution is 6.21. The molecule has 0 aromatic heterocycles. The number of rotatable bonds is 4. The smallest absolute Gasteiger partial charge is 0.101 e. The molecular formula is C9H17Cl2O. The molecule has 12 heavy (non-hydrogen) atoms. The molecule has 4 atom stereocenters. The molecule has 0 amide bonds. The van der Waals surface area contributed by atoms with E-state index in [9.17, 15) is 5.11 Å². The zero-order chi connectivity index (χ0) is 9.89. The van der Waals surface area contributed by atoms with Crippen molar-refractivity contribution in [1.29, 1.82) is 0 Å². The summed E-state index contributed by atoms with van der Waals surface area (Å²) in [7, 11) is 0. The highest BCUT2D eigenvalue weighted by atomic mass is 35.5. The molecule has 0 aromatic carbocycles. The van der Waals surface area contributed by atoms with Crippen LogP contribution < -0.4 is 0 Å². The van der Waals surface area contributed by atoms with Crippen LogP contribution >= 0.6 is 23.2 Å². The van der Waals surface area contributed by atoms with Crippen LogP contribution in [0.4, 0.5) is 0 Å². The first-order valence-electron chi connectivity index (χ1n) is 4.31. The third-order valence-corrected chi connectivity index (χ3v) is 3.28. The monoisotopic (exact) mass is 211 g/mol. The molecule has 0 aliphatic rings. The first-order chi connectivity index (χ1) is 5.37. The Hall–Kier alpha value is 0.540. The van der Waals surface area contributed by atoms with Gasteiger partial charge in [-0.3, -0.25) is 0 Å². The maximum Gasteiger partial charge on any atom is 0.101 e. The van der Waals surface area contributed by atoms with Crippen molar-refractivity contribution in [2.75, 3.05) is 0 Å². The van der Waals surface area contributed by atoms with Crippen LogP contribution in [0.25, 0.3) is 0 Å². The Balaban J connectivity index is 4.08. The predicted octanol–water partition coefficient (Wildman–Crippen LogP) is 3.31. The fourth-order valence-corrected chi connectivity index (χ4v) is 1.29. The van der Waals surface area contributed by atoms with E-state index in [0.29, 0.717) is 0 Å². The van der Waals surface area contributed by atoms with Gasteiger partial charge in [-0.25, -0.2) is 5.11 Å². The highest BCUT2D eigenvalue weighted by Gasteiger charge is 2.28. The lowest BCUT2D eigenvalue weighted by atomic mass is 9.89. The van der Waals surface area contributed by atoms with Crippen molar-refractivity contribution in [3.8, 4) is 0 Å². The van der Waals surface area contributed by atoms with Gasteiger partial charge in [0.2, 0.25) is 0 Å². The van der Waals surface area contributed by atoms with Crippen molar-refractivity contribution in [1.82, 2.24) is 0 Å². The molecule has 0 saturated carbocycles. The number of halogens is 2. The van der Waals surface area contributed by atoms with Crippen LogP contribution in [-0.4, -0.2) is 16.9 Å². The van der Waals surface area contributed by atoms with Crippen LogP contribution in [0.1, 0.15) is 27.7 Å². The van der Waals surface area contributed by atoms with E-state index in [1.165, 1.54) is 0 Å². The first-order valence-corrected chi connectivity index (χ1v) is 5.19. The predicted molar refractivity (Wildman–Crippen MR) is 53.4 cm³/mol. The van der Waals surface area contributed by atoms with Gasteiger partial charge in [0.15, 0.2) is 0 Å². The molecule has 1 radical (unpaired) electrons. The quantitative estimate of drug-likeness (QED) is 0.637. The van der Waals surface area contributed by atoms with E-state index in [0.717, 1.165) is 0 Å². The minimum Gasteiger partial charge on any atom is -0.232 e. The Kier molecular flexibility index (Phi) is 5.55. The Morgan fingerprint density at radius 3 is 1.25 bits per heavy atom. The van der Waals surface area contributed by atoms with Gasteiger partial charge in [0.05, 0.1) is 0 Å². The van der Waals surface area contributed by atoms with E-state index in [1.807, 2.05) is 27.7 Å². The van der Waals surface area contributed by atoms with Gasteiger partial charge in [-0.15, -0.1) is 23.2 Å². The molecule has 0 saturated heterocycles. The van der Waals surface area contributed by atoms with Crippen molar-refractivity contribution < 1.29 is 5.11 Å². The van der Waals surface area contributed by atoms with Gasteiger partial charge in [0.1, 0.15) is 6.10 Å². The standard InChI is InChI=1S/C9H17Cl2O/c1-5(7(3)10)9(12)6(2)8(4)11/h5-9H,1-4H3. The van der Waals surface area contributed by atoms with Gasteiger partial charge in [-0.2, -0.15) is 0 Å². The van der Waals surface area contributed by atoms with E-state index in [1.54, 1.807) is 0 Å². The molecule has 1 nitrogen and oxygen atoms in total. The summed E-state index contributed by atoms with van der Waals surface area (Å²) in [5.41, 5.74) is 0. The second kappa shape index (κ2) is 5.31.